The van der Waals surface area contributed by atoms with Crippen molar-refractivity contribution in [2.75, 3.05) is 17.3 Å². The Labute approximate surface area is 191 Å². The molecular weight excluding hydrogens is 446 g/mol. The maximum Gasteiger partial charge on any atom is 0.266 e. The largest absolute Gasteiger partial charge is 0.352 e. The molecule has 1 amide bonds. The maximum atomic E-state index is 13.5. The molecule has 0 radical (unpaired) electrons. The van der Waals surface area contributed by atoms with Crippen molar-refractivity contribution in [3.63, 3.8) is 0 Å². The number of amides is 1. The number of carbonyl (C=O) groups excluding carboxylic acids is 1. The van der Waals surface area contributed by atoms with Crippen molar-refractivity contribution in [2.45, 2.75) is 37.4 Å². The first kappa shape index (κ1) is 22.5. The van der Waals surface area contributed by atoms with Crippen LogP contribution in [0.15, 0.2) is 58.5 Å². The predicted molar refractivity (Wildman–Crippen MR) is 127 cm³/mol. The third-order valence-corrected chi connectivity index (χ3v) is 8.18. The lowest BCUT2D eigenvalue weighted by atomic mass is 10.0. The number of hydrogen-bond acceptors (Lipinski definition) is 6. The van der Waals surface area contributed by atoms with Crippen LogP contribution in [-0.2, 0) is 14.6 Å². The average Bonchev–Trinajstić information content (AvgIpc) is 3.10. The van der Waals surface area contributed by atoms with Crippen LogP contribution in [-0.4, -0.2) is 47.2 Å². The van der Waals surface area contributed by atoms with Crippen LogP contribution >= 0.6 is 11.8 Å². The number of nitrogens with one attached hydrogen (secondary N) is 1. The number of sulfone groups is 1. The molecule has 168 valence electrons. The van der Waals surface area contributed by atoms with Crippen LogP contribution < -0.4 is 10.9 Å². The number of fused-ring (bicyclic) bond motifs is 1. The van der Waals surface area contributed by atoms with Crippen LogP contribution in [0.2, 0.25) is 0 Å². The van der Waals surface area contributed by atoms with Gasteiger partial charge in [-0.3, -0.25) is 14.2 Å². The Morgan fingerprint density at radius 1 is 1.19 bits per heavy atom. The van der Waals surface area contributed by atoms with E-state index in [-0.39, 0.29) is 40.7 Å². The zero-order valence-corrected chi connectivity index (χ0v) is 19.6. The molecular formula is C23H25N3O4S2. The first-order valence-corrected chi connectivity index (χ1v) is 13.3. The van der Waals surface area contributed by atoms with Gasteiger partial charge in [0, 0.05) is 6.04 Å². The lowest BCUT2D eigenvalue weighted by Gasteiger charge is -2.18. The Kier molecular flexibility index (Phi) is 6.39. The van der Waals surface area contributed by atoms with Crippen LogP contribution in [0.5, 0.6) is 0 Å². The summed E-state index contributed by atoms with van der Waals surface area (Å²) >= 11 is 1.17. The summed E-state index contributed by atoms with van der Waals surface area (Å²) in [7, 11) is -3.07. The van der Waals surface area contributed by atoms with E-state index in [1.54, 1.807) is 22.8 Å². The van der Waals surface area contributed by atoms with Crippen LogP contribution in [0.25, 0.3) is 16.6 Å². The minimum absolute atomic E-state index is 0.0237. The first-order valence-electron chi connectivity index (χ1n) is 10.5. The molecule has 1 saturated heterocycles. The van der Waals surface area contributed by atoms with Gasteiger partial charge in [-0.25, -0.2) is 13.4 Å². The Hall–Kier alpha value is -2.65. The second-order valence-electron chi connectivity index (χ2n) is 8.22. The van der Waals surface area contributed by atoms with Gasteiger partial charge in [0.15, 0.2) is 15.0 Å². The zero-order valence-electron chi connectivity index (χ0n) is 17.9. The van der Waals surface area contributed by atoms with Gasteiger partial charge in [-0.05, 0) is 36.1 Å². The number of nitrogens with zero attached hydrogens (tertiary/aromatic N) is 2. The van der Waals surface area contributed by atoms with Gasteiger partial charge in [0.2, 0.25) is 5.91 Å². The fourth-order valence-corrected chi connectivity index (χ4v) is 6.40. The highest BCUT2D eigenvalue weighted by molar-refractivity contribution is 7.99. The monoisotopic (exact) mass is 471 g/mol. The molecule has 0 aliphatic carbocycles. The Bertz CT molecular complexity index is 1330. The van der Waals surface area contributed by atoms with Crippen molar-refractivity contribution in [1.82, 2.24) is 14.9 Å². The summed E-state index contributed by atoms with van der Waals surface area (Å²) in [6, 6.07) is 14.5. The highest BCUT2D eigenvalue weighted by Gasteiger charge is 2.29. The lowest BCUT2D eigenvalue weighted by molar-refractivity contribution is -0.119. The average molecular weight is 472 g/mol. The normalized spacial score (nSPS) is 17.7. The third kappa shape index (κ3) is 4.73. The van der Waals surface area contributed by atoms with Gasteiger partial charge < -0.3 is 5.32 Å². The second kappa shape index (κ2) is 9.07. The van der Waals surface area contributed by atoms with Gasteiger partial charge in [0.05, 0.1) is 33.8 Å². The fraction of sp³-hybridized carbons (Fsp3) is 0.348. The SMILES string of the molecule is CC(C)c1ccccc1-n1c(SCC(=O)NC2CCS(=O)(=O)C2)nc2ccccc2c1=O. The van der Waals surface area contributed by atoms with Crippen LogP contribution in [0.3, 0.4) is 0 Å². The Balaban J connectivity index is 1.69. The molecule has 1 atom stereocenters. The molecule has 1 aliphatic rings. The number of hydrogen-bond donors (Lipinski definition) is 1. The van der Waals surface area contributed by atoms with Crippen molar-refractivity contribution in [1.29, 1.82) is 0 Å². The van der Waals surface area contributed by atoms with E-state index < -0.39 is 9.84 Å². The Morgan fingerprint density at radius 2 is 1.91 bits per heavy atom. The van der Waals surface area contributed by atoms with Crippen molar-refractivity contribution in [3.05, 3.63) is 64.4 Å². The standard InChI is InChI=1S/C23H25N3O4S2/c1-15(2)17-7-4-6-10-20(17)26-22(28)18-8-3-5-9-19(18)25-23(26)31-13-21(27)24-16-11-12-32(29,30)14-16/h3-10,15-16H,11-14H2,1-2H3,(H,24,27). The zero-order chi connectivity index (χ0) is 22.9. The van der Waals surface area contributed by atoms with Crippen molar-refractivity contribution in [3.8, 4) is 5.69 Å². The summed E-state index contributed by atoms with van der Waals surface area (Å²) in [6.07, 6.45) is 0.430. The molecule has 1 fully saturated rings. The van der Waals surface area contributed by atoms with Gasteiger partial charge in [0.1, 0.15) is 0 Å². The minimum atomic E-state index is -3.07. The molecule has 2 aromatic carbocycles. The molecule has 0 bridgehead atoms. The maximum absolute atomic E-state index is 13.5. The van der Waals surface area contributed by atoms with Crippen LogP contribution in [0, 0.1) is 0 Å². The van der Waals surface area contributed by atoms with E-state index in [1.807, 2.05) is 30.3 Å². The van der Waals surface area contributed by atoms with E-state index in [2.05, 4.69) is 24.1 Å². The number of para-hydroxylation sites is 2. The molecule has 7 nitrogen and oxygen atoms in total. The highest BCUT2D eigenvalue weighted by atomic mass is 32.2. The summed E-state index contributed by atoms with van der Waals surface area (Å²) in [5.74, 6) is 0.0243. The number of carbonyl (C=O) groups is 1. The molecule has 4 rings (SSSR count). The Morgan fingerprint density at radius 3 is 2.62 bits per heavy atom. The predicted octanol–water partition coefficient (Wildman–Crippen LogP) is 2.90. The molecule has 0 spiro atoms. The number of aromatic nitrogens is 2. The summed E-state index contributed by atoms with van der Waals surface area (Å²) in [5, 5.41) is 3.73. The summed E-state index contributed by atoms with van der Waals surface area (Å²) < 4.78 is 24.9. The number of thioether (sulfide) groups is 1. The van der Waals surface area contributed by atoms with E-state index in [4.69, 9.17) is 0 Å². The minimum Gasteiger partial charge on any atom is -0.352 e. The molecule has 2 heterocycles. The summed E-state index contributed by atoms with van der Waals surface area (Å²) in [5.41, 5.74) is 2.14. The number of rotatable bonds is 6. The van der Waals surface area contributed by atoms with E-state index >= 15 is 0 Å². The van der Waals surface area contributed by atoms with Gasteiger partial charge in [-0.2, -0.15) is 0 Å². The lowest BCUT2D eigenvalue weighted by Crippen LogP contribution is -2.36. The van der Waals surface area contributed by atoms with Crippen molar-refractivity contribution >= 4 is 38.4 Å². The van der Waals surface area contributed by atoms with Gasteiger partial charge in [0.25, 0.3) is 5.56 Å². The quantitative estimate of drug-likeness (QED) is 0.439. The highest BCUT2D eigenvalue weighted by Crippen LogP contribution is 2.27. The van der Waals surface area contributed by atoms with Gasteiger partial charge in [-0.1, -0.05) is 55.9 Å². The van der Waals surface area contributed by atoms with Crippen molar-refractivity contribution in [2.24, 2.45) is 0 Å². The summed E-state index contributed by atoms with van der Waals surface area (Å²) in [4.78, 5) is 30.7. The topological polar surface area (TPSA) is 98.1 Å². The fourth-order valence-electron chi connectivity index (χ4n) is 3.91. The molecule has 9 heteroatoms. The van der Waals surface area contributed by atoms with Gasteiger partial charge >= 0.3 is 0 Å². The molecule has 0 saturated carbocycles. The molecule has 1 aromatic heterocycles. The van der Waals surface area contributed by atoms with E-state index in [1.165, 1.54) is 11.8 Å². The van der Waals surface area contributed by atoms with Crippen LogP contribution in [0.4, 0.5) is 0 Å². The molecule has 32 heavy (non-hydrogen) atoms. The summed E-state index contributed by atoms with van der Waals surface area (Å²) in [6.45, 7) is 4.13. The molecule has 3 aromatic rings. The molecule has 1 N–H and O–H groups in total. The third-order valence-electron chi connectivity index (χ3n) is 5.47. The molecule has 1 aliphatic heterocycles. The van der Waals surface area contributed by atoms with Gasteiger partial charge in [-0.15, -0.1) is 0 Å². The van der Waals surface area contributed by atoms with E-state index in [9.17, 15) is 18.0 Å². The van der Waals surface area contributed by atoms with Crippen molar-refractivity contribution < 1.29 is 13.2 Å². The van der Waals surface area contributed by atoms with Crippen LogP contribution in [0.1, 0.15) is 31.7 Å². The van der Waals surface area contributed by atoms with E-state index in [0.29, 0.717) is 22.5 Å². The smallest absolute Gasteiger partial charge is 0.266 e. The van der Waals surface area contributed by atoms with E-state index in [0.717, 1.165) is 11.3 Å². The second-order valence-corrected chi connectivity index (χ2v) is 11.4. The molecule has 1 unspecified atom stereocenters. The first-order chi connectivity index (χ1) is 15.2. The number of benzene rings is 2.